The first-order valence-electron chi connectivity index (χ1n) is 5.08. The summed E-state index contributed by atoms with van der Waals surface area (Å²) in [6.45, 7) is 1.95. The first-order chi connectivity index (χ1) is 7.31. The van der Waals surface area contributed by atoms with E-state index in [0.717, 1.165) is 17.3 Å². The fourth-order valence-electron chi connectivity index (χ4n) is 1.51. The number of aromatic nitrogens is 1. The van der Waals surface area contributed by atoms with Gasteiger partial charge in [-0.3, -0.25) is 4.79 Å². The number of fused-ring (bicyclic) bond motifs is 1. The molecule has 0 radical (unpaired) electrons. The molecule has 0 aliphatic rings. The molecular weight excluding hydrogens is 229 g/mol. The average molecular weight is 243 g/mol. The minimum Gasteiger partial charge on any atom is -1.00 e. The number of carbonyl (C=O) groups is 1. The molecular formula is C12H14KNO2. The number of ether oxygens (including phenoxy) is 1. The Balaban J connectivity index is 0.00000128. The van der Waals surface area contributed by atoms with Crippen LogP contribution in [0, 0.1) is 0 Å². The Labute approximate surface area is 138 Å². The summed E-state index contributed by atoms with van der Waals surface area (Å²) in [4.78, 5) is 14.4. The van der Waals surface area contributed by atoms with Gasteiger partial charge in [0.25, 0.3) is 0 Å². The summed E-state index contributed by atoms with van der Waals surface area (Å²) in [6.07, 6.45) is 2.99. The zero-order chi connectivity index (χ0) is 10.7. The second-order valence-corrected chi connectivity index (χ2v) is 3.42. The van der Waals surface area contributed by atoms with Gasteiger partial charge in [-0.25, -0.2) is 0 Å². The van der Waals surface area contributed by atoms with Crippen LogP contribution in [-0.4, -0.2) is 11.0 Å². The molecule has 3 nitrogen and oxygen atoms in total. The fourth-order valence-corrected chi connectivity index (χ4v) is 1.51. The fraction of sp³-hybridized carbons (Fsp3) is 0.250. The second kappa shape index (κ2) is 6.57. The quantitative estimate of drug-likeness (QED) is 0.608. The first-order valence-corrected chi connectivity index (χ1v) is 5.08. The number of hydrogen-bond acceptors (Lipinski definition) is 2. The molecule has 0 saturated heterocycles. The molecule has 0 spiro atoms. The number of esters is 1. The van der Waals surface area contributed by atoms with Gasteiger partial charge in [-0.2, -0.15) is 0 Å². The summed E-state index contributed by atoms with van der Waals surface area (Å²) in [5, 5.41) is 0.946. The number of rotatable bonds is 3. The molecule has 1 aromatic carbocycles. The molecule has 0 aliphatic carbocycles. The standard InChI is InChI=1S/C12H13NO2.K.H/c1-2-5-12(14)15-11-8-13-10-7-4-3-6-9(10)11;;/h3-4,6-8,13H,2,5H2,1H3;;/q;+1;-1. The normalized spacial score (nSPS) is 9.81. The minimum atomic E-state index is -0.178. The van der Waals surface area contributed by atoms with Crippen molar-refractivity contribution in [3.8, 4) is 5.75 Å². The number of nitrogens with one attached hydrogen (secondary N) is 1. The van der Waals surface area contributed by atoms with Crippen molar-refractivity contribution >= 4 is 16.9 Å². The number of carbonyl (C=O) groups excluding carboxylic acids is 1. The van der Waals surface area contributed by atoms with Gasteiger partial charge in [0.2, 0.25) is 0 Å². The van der Waals surface area contributed by atoms with E-state index in [1.165, 1.54) is 0 Å². The van der Waals surface area contributed by atoms with Crippen molar-refractivity contribution in [2.75, 3.05) is 0 Å². The van der Waals surface area contributed by atoms with E-state index < -0.39 is 0 Å². The smallest absolute Gasteiger partial charge is 1.00 e. The molecule has 0 saturated carbocycles. The summed E-state index contributed by atoms with van der Waals surface area (Å²) < 4.78 is 5.24. The third-order valence-corrected chi connectivity index (χ3v) is 2.23. The minimum absolute atomic E-state index is 0. The van der Waals surface area contributed by atoms with Crippen LogP contribution in [0.25, 0.3) is 10.9 Å². The number of H-pyrrole nitrogens is 1. The van der Waals surface area contributed by atoms with Crippen molar-refractivity contribution in [3.63, 3.8) is 0 Å². The van der Waals surface area contributed by atoms with Crippen molar-refractivity contribution in [1.82, 2.24) is 4.98 Å². The zero-order valence-corrected chi connectivity index (χ0v) is 12.7. The van der Waals surface area contributed by atoms with Crippen LogP contribution in [0.4, 0.5) is 0 Å². The van der Waals surface area contributed by atoms with Crippen molar-refractivity contribution in [3.05, 3.63) is 30.5 Å². The van der Waals surface area contributed by atoms with Gasteiger partial charge in [0.1, 0.15) is 0 Å². The van der Waals surface area contributed by atoms with Gasteiger partial charge in [-0.05, 0) is 18.6 Å². The number of aromatic amines is 1. The third-order valence-electron chi connectivity index (χ3n) is 2.23. The number of benzene rings is 1. The van der Waals surface area contributed by atoms with E-state index in [4.69, 9.17) is 4.74 Å². The van der Waals surface area contributed by atoms with E-state index in [2.05, 4.69) is 4.98 Å². The molecule has 0 aliphatic heterocycles. The topological polar surface area (TPSA) is 42.1 Å². The Bertz CT molecular complexity index is 484. The van der Waals surface area contributed by atoms with Gasteiger partial charge in [-0.1, -0.05) is 19.1 Å². The maximum Gasteiger partial charge on any atom is 1.00 e. The molecule has 1 N–H and O–H groups in total. The molecule has 80 valence electrons. The van der Waals surface area contributed by atoms with Crippen LogP contribution in [0.2, 0.25) is 0 Å². The van der Waals surface area contributed by atoms with Gasteiger partial charge in [0.15, 0.2) is 5.75 Å². The number of hydrogen-bond donors (Lipinski definition) is 1. The van der Waals surface area contributed by atoms with Crippen LogP contribution in [0.1, 0.15) is 21.2 Å². The monoisotopic (exact) mass is 243 g/mol. The van der Waals surface area contributed by atoms with E-state index in [9.17, 15) is 4.79 Å². The van der Waals surface area contributed by atoms with Crippen molar-refractivity contribution in [2.45, 2.75) is 19.8 Å². The Hall–Kier alpha value is -0.134. The van der Waals surface area contributed by atoms with Gasteiger partial charge in [0.05, 0.1) is 0 Å². The first kappa shape index (κ1) is 13.9. The molecule has 0 fully saturated rings. The van der Waals surface area contributed by atoms with Crippen molar-refractivity contribution in [2.24, 2.45) is 0 Å². The Morgan fingerprint density at radius 3 is 2.94 bits per heavy atom. The number of para-hydroxylation sites is 1. The van der Waals surface area contributed by atoms with Crippen LogP contribution in [0.15, 0.2) is 30.5 Å². The maximum absolute atomic E-state index is 11.3. The van der Waals surface area contributed by atoms with Gasteiger partial charge in [0, 0.05) is 23.5 Å². The predicted octanol–water partition coefficient (Wildman–Crippen LogP) is -0.0101. The zero-order valence-electron chi connectivity index (χ0n) is 10.6. The summed E-state index contributed by atoms with van der Waals surface area (Å²) in [5.74, 6) is 0.436. The molecule has 16 heavy (non-hydrogen) atoms. The summed E-state index contributed by atoms with van der Waals surface area (Å²) in [7, 11) is 0. The SMILES string of the molecule is CCCC(=O)Oc1c[nH]c2ccccc12.[H-].[K+]. The maximum atomic E-state index is 11.3. The molecule has 0 bridgehead atoms. The van der Waals surface area contributed by atoms with Crippen LogP contribution < -0.4 is 56.1 Å². The molecule has 0 unspecified atom stereocenters. The summed E-state index contributed by atoms with van der Waals surface area (Å²) in [5.41, 5.74) is 0.983. The van der Waals surface area contributed by atoms with Crippen LogP contribution in [0.3, 0.4) is 0 Å². The van der Waals surface area contributed by atoms with E-state index in [-0.39, 0.29) is 58.8 Å². The Kier molecular flexibility index (Phi) is 5.72. The molecule has 2 aromatic rings. The molecule has 1 aromatic heterocycles. The van der Waals surface area contributed by atoms with E-state index in [1.54, 1.807) is 6.20 Å². The molecule has 2 rings (SSSR count). The van der Waals surface area contributed by atoms with E-state index in [1.807, 2.05) is 31.2 Å². The Morgan fingerprint density at radius 2 is 2.19 bits per heavy atom. The van der Waals surface area contributed by atoms with Crippen LogP contribution in [-0.2, 0) is 4.79 Å². The largest absolute Gasteiger partial charge is 1.00 e. The molecule has 1 heterocycles. The predicted molar refractivity (Wildman–Crippen MR) is 60.0 cm³/mol. The molecule has 0 amide bonds. The van der Waals surface area contributed by atoms with E-state index >= 15 is 0 Å². The Morgan fingerprint density at radius 1 is 1.44 bits per heavy atom. The van der Waals surface area contributed by atoms with Gasteiger partial charge < -0.3 is 11.1 Å². The van der Waals surface area contributed by atoms with Crippen molar-refractivity contribution < 1.29 is 62.3 Å². The van der Waals surface area contributed by atoms with Crippen LogP contribution >= 0.6 is 0 Å². The average Bonchev–Trinajstić information content (AvgIpc) is 2.62. The summed E-state index contributed by atoms with van der Waals surface area (Å²) in [6, 6.07) is 7.75. The van der Waals surface area contributed by atoms with Crippen molar-refractivity contribution in [1.29, 1.82) is 0 Å². The van der Waals surface area contributed by atoms with Gasteiger partial charge in [-0.15, -0.1) is 0 Å². The summed E-state index contributed by atoms with van der Waals surface area (Å²) >= 11 is 0. The molecule has 4 heteroatoms. The van der Waals surface area contributed by atoms with Crippen LogP contribution in [0.5, 0.6) is 5.75 Å². The second-order valence-electron chi connectivity index (χ2n) is 3.42. The van der Waals surface area contributed by atoms with E-state index in [0.29, 0.717) is 12.2 Å². The third kappa shape index (κ3) is 3.18. The molecule has 0 atom stereocenters. The van der Waals surface area contributed by atoms with Gasteiger partial charge >= 0.3 is 57.4 Å².